The van der Waals surface area contributed by atoms with Gasteiger partial charge in [-0.15, -0.1) is 0 Å². The Morgan fingerprint density at radius 2 is 1.83 bits per heavy atom. The lowest BCUT2D eigenvalue weighted by molar-refractivity contribution is 0.413. The second kappa shape index (κ2) is 7.01. The van der Waals surface area contributed by atoms with Crippen LogP contribution in [0.2, 0.25) is 0 Å². The zero-order valence-electron chi connectivity index (χ0n) is 14.7. The predicted octanol–water partition coefficient (Wildman–Crippen LogP) is 3.89. The van der Waals surface area contributed by atoms with Crippen molar-refractivity contribution in [2.75, 3.05) is 20.6 Å². The van der Waals surface area contributed by atoms with Gasteiger partial charge in [-0.2, -0.15) is 5.10 Å². The Kier molecular flexibility index (Phi) is 4.81. The zero-order chi connectivity index (χ0) is 17.1. The Morgan fingerprint density at radius 3 is 2.42 bits per heavy atom. The van der Waals surface area contributed by atoms with E-state index in [1.165, 1.54) is 5.56 Å². The Balaban J connectivity index is 1.90. The molecule has 5 nitrogen and oxygen atoms in total. The minimum atomic E-state index is 0.238. The summed E-state index contributed by atoms with van der Waals surface area (Å²) in [5.41, 5.74) is 3.32. The van der Waals surface area contributed by atoms with E-state index >= 15 is 0 Å². The van der Waals surface area contributed by atoms with E-state index in [0.29, 0.717) is 5.82 Å². The van der Waals surface area contributed by atoms with Crippen LogP contribution in [0, 0.1) is 0 Å². The van der Waals surface area contributed by atoms with Crippen molar-refractivity contribution in [3.8, 4) is 22.8 Å². The summed E-state index contributed by atoms with van der Waals surface area (Å²) in [5, 5.41) is 4.65. The van der Waals surface area contributed by atoms with Gasteiger partial charge in [0.15, 0.2) is 11.6 Å². The molecule has 0 aliphatic carbocycles. The Hall–Kier alpha value is -2.40. The van der Waals surface area contributed by atoms with Crippen LogP contribution in [0.15, 0.2) is 47.3 Å². The first kappa shape index (κ1) is 16.5. The molecule has 5 heteroatoms. The van der Waals surface area contributed by atoms with Gasteiger partial charge in [0.2, 0.25) is 0 Å². The molecule has 3 rings (SSSR count). The Labute approximate surface area is 142 Å². The molecule has 0 saturated heterocycles. The van der Waals surface area contributed by atoms with Gasteiger partial charge < -0.3 is 9.32 Å². The van der Waals surface area contributed by atoms with E-state index in [0.717, 1.165) is 29.9 Å². The number of furan rings is 1. The Bertz CT molecular complexity index is 770. The van der Waals surface area contributed by atoms with Gasteiger partial charge in [-0.3, -0.25) is 0 Å². The molecule has 0 amide bonds. The average molecular weight is 324 g/mol. The average Bonchev–Trinajstić information content (AvgIpc) is 3.22. The third-order valence-corrected chi connectivity index (χ3v) is 3.96. The molecule has 1 aromatic carbocycles. The van der Waals surface area contributed by atoms with Crippen molar-refractivity contribution in [2.45, 2.75) is 26.3 Å². The highest BCUT2D eigenvalue weighted by Gasteiger charge is 2.16. The summed E-state index contributed by atoms with van der Waals surface area (Å²) in [6.07, 6.45) is 4.36. The van der Waals surface area contributed by atoms with Crippen LogP contribution in [0.5, 0.6) is 0 Å². The summed E-state index contributed by atoms with van der Waals surface area (Å²) < 4.78 is 7.12. The molecule has 0 fully saturated rings. The summed E-state index contributed by atoms with van der Waals surface area (Å²) >= 11 is 0. The SMILES string of the molecule is CC(C)n1nc(-c2ccoc2)nc1-c1ccc(CCN(C)C)cc1. The fraction of sp³-hybridized carbons (Fsp3) is 0.368. The maximum absolute atomic E-state index is 5.15. The maximum Gasteiger partial charge on any atom is 0.184 e. The summed E-state index contributed by atoms with van der Waals surface area (Å²) in [5.74, 6) is 1.59. The van der Waals surface area contributed by atoms with Gasteiger partial charge in [0.25, 0.3) is 0 Å². The standard InChI is InChI=1S/C19H24N4O/c1-14(2)23-19(20-18(21-23)17-10-12-24-13-17)16-7-5-15(6-8-16)9-11-22(3)4/h5-8,10,12-14H,9,11H2,1-4H3. The van der Waals surface area contributed by atoms with E-state index in [2.05, 4.69) is 62.2 Å². The molecule has 0 N–H and O–H groups in total. The van der Waals surface area contributed by atoms with Crippen LogP contribution in [0.3, 0.4) is 0 Å². The molecule has 2 heterocycles. The van der Waals surface area contributed by atoms with E-state index in [4.69, 9.17) is 9.40 Å². The second-order valence-electron chi connectivity index (χ2n) is 6.56. The van der Waals surface area contributed by atoms with Crippen LogP contribution in [-0.4, -0.2) is 40.3 Å². The monoisotopic (exact) mass is 324 g/mol. The lowest BCUT2D eigenvalue weighted by Crippen LogP contribution is -2.14. The molecular weight excluding hydrogens is 300 g/mol. The largest absolute Gasteiger partial charge is 0.472 e. The van der Waals surface area contributed by atoms with Crippen LogP contribution in [0.25, 0.3) is 22.8 Å². The summed E-state index contributed by atoms with van der Waals surface area (Å²) in [4.78, 5) is 6.93. The first-order valence-corrected chi connectivity index (χ1v) is 8.27. The fourth-order valence-electron chi connectivity index (χ4n) is 2.57. The first-order valence-electron chi connectivity index (χ1n) is 8.27. The number of hydrogen-bond acceptors (Lipinski definition) is 4. The van der Waals surface area contributed by atoms with Crippen molar-refractivity contribution in [3.05, 3.63) is 48.4 Å². The van der Waals surface area contributed by atoms with Crippen LogP contribution in [0.1, 0.15) is 25.5 Å². The minimum absolute atomic E-state index is 0.238. The lowest BCUT2D eigenvalue weighted by atomic mass is 10.1. The molecule has 0 unspecified atom stereocenters. The molecule has 0 atom stereocenters. The van der Waals surface area contributed by atoms with Crippen molar-refractivity contribution in [1.29, 1.82) is 0 Å². The summed E-state index contributed by atoms with van der Waals surface area (Å²) in [7, 11) is 4.19. The molecule has 0 aliphatic rings. The highest BCUT2D eigenvalue weighted by Crippen LogP contribution is 2.25. The molecule has 0 radical (unpaired) electrons. The van der Waals surface area contributed by atoms with E-state index in [1.807, 2.05) is 10.7 Å². The number of nitrogens with zero attached hydrogens (tertiary/aromatic N) is 4. The second-order valence-corrected chi connectivity index (χ2v) is 6.56. The van der Waals surface area contributed by atoms with Gasteiger partial charge in [-0.25, -0.2) is 9.67 Å². The number of hydrogen-bond donors (Lipinski definition) is 0. The van der Waals surface area contributed by atoms with Gasteiger partial charge in [0.05, 0.1) is 11.8 Å². The van der Waals surface area contributed by atoms with Gasteiger partial charge in [0, 0.05) is 18.2 Å². The van der Waals surface area contributed by atoms with E-state index in [1.54, 1.807) is 12.5 Å². The van der Waals surface area contributed by atoms with Crippen molar-refractivity contribution in [2.24, 2.45) is 0 Å². The number of likely N-dealkylation sites (N-methyl/N-ethyl adjacent to an activating group) is 1. The third kappa shape index (κ3) is 3.57. The van der Waals surface area contributed by atoms with E-state index in [9.17, 15) is 0 Å². The molecule has 0 bridgehead atoms. The highest BCUT2D eigenvalue weighted by atomic mass is 16.3. The van der Waals surface area contributed by atoms with Crippen LogP contribution < -0.4 is 0 Å². The number of benzene rings is 1. The topological polar surface area (TPSA) is 47.1 Å². The highest BCUT2D eigenvalue weighted by molar-refractivity contribution is 5.61. The van der Waals surface area contributed by atoms with Crippen molar-refractivity contribution >= 4 is 0 Å². The molecule has 24 heavy (non-hydrogen) atoms. The normalized spacial score (nSPS) is 11.6. The van der Waals surface area contributed by atoms with Gasteiger partial charge >= 0.3 is 0 Å². The van der Waals surface area contributed by atoms with Gasteiger partial charge in [-0.1, -0.05) is 24.3 Å². The molecule has 0 saturated carbocycles. The maximum atomic E-state index is 5.15. The van der Waals surface area contributed by atoms with Crippen LogP contribution >= 0.6 is 0 Å². The number of aromatic nitrogens is 3. The molecule has 0 spiro atoms. The predicted molar refractivity (Wildman–Crippen MR) is 95.8 cm³/mol. The van der Waals surface area contributed by atoms with E-state index in [-0.39, 0.29) is 6.04 Å². The minimum Gasteiger partial charge on any atom is -0.472 e. The summed E-state index contributed by atoms with van der Waals surface area (Å²) in [6.45, 7) is 5.28. The third-order valence-electron chi connectivity index (χ3n) is 3.96. The number of rotatable bonds is 6. The molecule has 126 valence electrons. The van der Waals surface area contributed by atoms with Crippen molar-refractivity contribution in [1.82, 2.24) is 19.7 Å². The van der Waals surface area contributed by atoms with Gasteiger partial charge in [0.1, 0.15) is 6.26 Å². The molecule has 0 aliphatic heterocycles. The molecule has 3 aromatic rings. The van der Waals surface area contributed by atoms with E-state index < -0.39 is 0 Å². The molecular formula is C19H24N4O. The van der Waals surface area contributed by atoms with Crippen molar-refractivity contribution in [3.63, 3.8) is 0 Å². The quantitative estimate of drug-likeness (QED) is 0.690. The zero-order valence-corrected chi connectivity index (χ0v) is 14.7. The lowest BCUT2D eigenvalue weighted by Gasteiger charge is -2.11. The first-order chi connectivity index (χ1) is 11.5. The smallest absolute Gasteiger partial charge is 0.184 e. The Morgan fingerprint density at radius 1 is 1.08 bits per heavy atom. The summed E-state index contributed by atoms with van der Waals surface area (Å²) in [6, 6.07) is 10.7. The van der Waals surface area contributed by atoms with Gasteiger partial charge in [-0.05, 0) is 46.0 Å². The van der Waals surface area contributed by atoms with Crippen molar-refractivity contribution < 1.29 is 4.42 Å². The fourth-order valence-corrected chi connectivity index (χ4v) is 2.57. The van der Waals surface area contributed by atoms with Crippen LogP contribution in [-0.2, 0) is 6.42 Å². The molecule has 2 aromatic heterocycles. The van der Waals surface area contributed by atoms with Crippen LogP contribution in [0.4, 0.5) is 0 Å².